The molecule has 30 heavy (non-hydrogen) atoms. The molecule has 7 heteroatoms. The van der Waals surface area contributed by atoms with Crippen molar-refractivity contribution in [3.63, 3.8) is 0 Å². The number of carbonyl (C=O) groups excluding carboxylic acids is 1. The quantitative estimate of drug-likeness (QED) is 0.666. The van der Waals surface area contributed by atoms with Crippen molar-refractivity contribution in [2.24, 2.45) is 0 Å². The van der Waals surface area contributed by atoms with Gasteiger partial charge in [0.15, 0.2) is 0 Å². The summed E-state index contributed by atoms with van der Waals surface area (Å²) < 4.78 is 15.7. The van der Waals surface area contributed by atoms with Gasteiger partial charge in [0.25, 0.3) is 5.56 Å². The van der Waals surface area contributed by atoms with E-state index in [-0.39, 0.29) is 30.9 Å². The number of amides is 1. The van der Waals surface area contributed by atoms with Crippen LogP contribution in [-0.2, 0) is 17.9 Å². The molecule has 2 heterocycles. The third-order valence-electron chi connectivity index (χ3n) is 5.80. The van der Waals surface area contributed by atoms with Gasteiger partial charge in [0.05, 0.1) is 17.4 Å². The van der Waals surface area contributed by atoms with Gasteiger partial charge in [-0.05, 0) is 56.0 Å². The number of para-hydroxylation sites is 1. The monoisotopic (exact) mass is 409 g/mol. The van der Waals surface area contributed by atoms with Gasteiger partial charge >= 0.3 is 5.69 Å². The van der Waals surface area contributed by atoms with Crippen molar-refractivity contribution in [3.8, 4) is 0 Å². The highest BCUT2D eigenvalue weighted by Crippen LogP contribution is 2.17. The van der Waals surface area contributed by atoms with Crippen molar-refractivity contribution in [2.75, 3.05) is 6.54 Å². The van der Waals surface area contributed by atoms with Crippen LogP contribution in [0.3, 0.4) is 0 Å². The summed E-state index contributed by atoms with van der Waals surface area (Å²) >= 11 is 0. The average molecular weight is 409 g/mol. The molecule has 3 aromatic rings. The lowest BCUT2D eigenvalue weighted by molar-refractivity contribution is -0.135. The zero-order chi connectivity index (χ0) is 21.3. The fourth-order valence-corrected chi connectivity index (χ4v) is 4.13. The van der Waals surface area contributed by atoms with E-state index < -0.39 is 11.2 Å². The van der Waals surface area contributed by atoms with Gasteiger partial charge < -0.3 is 4.90 Å². The van der Waals surface area contributed by atoms with Crippen molar-refractivity contribution >= 4 is 16.8 Å². The molecule has 0 saturated carbocycles. The molecule has 1 amide bonds. The van der Waals surface area contributed by atoms with Crippen molar-refractivity contribution in [1.82, 2.24) is 14.0 Å². The zero-order valence-corrected chi connectivity index (χ0v) is 16.9. The molecule has 6 nitrogen and oxygen atoms in total. The number of piperidine rings is 1. The lowest BCUT2D eigenvalue weighted by Crippen LogP contribution is -2.47. The number of nitrogens with zero attached hydrogens (tertiary/aromatic N) is 3. The minimum Gasteiger partial charge on any atom is -0.338 e. The Kier molecular flexibility index (Phi) is 5.53. The first-order chi connectivity index (χ1) is 14.5. The number of benzene rings is 2. The molecular weight excluding hydrogens is 385 g/mol. The predicted octanol–water partition coefficient (Wildman–Crippen LogP) is 2.75. The van der Waals surface area contributed by atoms with Gasteiger partial charge in [0.2, 0.25) is 5.91 Å². The van der Waals surface area contributed by atoms with Crippen LogP contribution < -0.4 is 11.2 Å². The van der Waals surface area contributed by atoms with Gasteiger partial charge in [-0.2, -0.15) is 0 Å². The minimum absolute atomic E-state index is 0.0110. The largest absolute Gasteiger partial charge is 0.338 e. The summed E-state index contributed by atoms with van der Waals surface area (Å²) in [7, 11) is 0. The number of carbonyl (C=O) groups is 1. The van der Waals surface area contributed by atoms with E-state index in [1.165, 1.54) is 16.7 Å². The number of rotatable bonds is 4. The third-order valence-corrected chi connectivity index (χ3v) is 5.80. The Balaban J connectivity index is 1.78. The smallest absolute Gasteiger partial charge is 0.332 e. The highest BCUT2D eigenvalue weighted by molar-refractivity contribution is 5.82. The second-order valence-electron chi connectivity index (χ2n) is 7.84. The summed E-state index contributed by atoms with van der Waals surface area (Å²) in [6.45, 7) is 2.60. The second-order valence-corrected chi connectivity index (χ2v) is 7.84. The Bertz CT molecular complexity index is 1200. The maximum absolute atomic E-state index is 13.3. The molecule has 156 valence electrons. The Morgan fingerprint density at radius 1 is 1.03 bits per heavy atom. The Labute approximate surface area is 173 Å². The van der Waals surface area contributed by atoms with Crippen molar-refractivity contribution < 1.29 is 9.18 Å². The zero-order valence-electron chi connectivity index (χ0n) is 16.9. The maximum Gasteiger partial charge on any atom is 0.332 e. The summed E-state index contributed by atoms with van der Waals surface area (Å²) in [5.74, 6) is -0.510. The Hall–Kier alpha value is -3.22. The highest BCUT2D eigenvalue weighted by atomic mass is 19.1. The predicted molar refractivity (Wildman–Crippen MR) is 113 cm³/mol. The molecule has 1 aliphatic heterocycles. The van der Waals surface area contributed by atoms with Crippen LogP contribution in [0.1, 0.15) is 31.7 Å². The summed E-state index contributed by atoms with van der Waals surface area (Å²) in [6.07, 6.45) is 3.00. The van der Waals surface area contributed by atoms with E-state index in [4.69, 9.17) is 0 Å². The molecule has 4 rings (SSSR count). The fraction of sp³-hybridized carbons (Fsp3) is 0.348. The standard InChI is InChI=1S/C23H24FN3O3/c1-16-6-4-5-13-25(16)21(28)15-26-20-8-3-2-7-19(20)22(29)27(23(26)30)14-17-9-11-18(24)12-10-17/h2-3,7-12,16H,4-6,13-15H2,1H3/t16-/m0/s1. The number of fused-ring (bicyclic) bond motifs is 1. The molecule has 0 aliphatic carbocycles. The molecule has 0 spiro atoms. The fourth-order valence-electron chi connectivity index (χ4n) is 4.13. The van der Waals surface area contributed by atoms with E-state index in [0.717, 1.165) is 23.8 Å². The molecule has 1 atom stereocenters. The molecule has 0 bridgehead atoms. The lowest BCUT2D eigenvalue weighted by atomic mass is 10.0. The van der Waals surface area contributed by atoms with E-state index in [1.54, 1.807) is 36.4 Å². The number of aromatic nitrogens is 2. The molecule has 1 aliphatic rings. The Morgan fingerprint density at radius 3 is 2.50 bits per heavy atom. The van der Waals surface area contributed by atoms with Gasteiger partial charge in [0, 0.05) is 12.6 Å². The van der Waals surface area contributed by atoms with E-state index >= 15 is 0 Å². The minimum atomic E-state index is -0.541. The first-order valence-corrected chi connectivity index (χ1v) is 10.2. The molecule has 2 aromatic carbocycles. The van der Waals surface area contributed by atoms with Crippen LogP contribution >= 0.6 is 0 Å². The summed E-state index contributed by atoms with van der Waals surface area (Å²) in [5, 5.41) is 0.374. The van der Waals surface area contributed by atoms with E-state index in [9.17, 15) is 18.8 Å². The summed E-state index contributed by atoms with van der Waals surface area (Å²) in [4.78, 5) is 41.1. The third kappa shape index (κ3) is 3.79. The van der Waals surface area contributed by atoms with Crippen LogP contribution in [0.15, 0.2) is 58.1 Å². The average Bonchev–Trinajstić information content (AvgIpc) is 2.75. The number of hydrogen-bond acceptors (Lipinski definition) is 3. The lowest BCUT2D eigenvalue weighted by Gasteiger charge is -2.33. The SMILES string of the molecule is C[C@H]1CCCCN1C(=O)Cn1c(=O)n(Cc2ccc(F)cc2)c(=O)c2ccccc21. The first-order valence-electron chi connectivity index (χ1n) is 10.2. The molecular formula is C23H24FN3O3. The van der Waals surface area contributed by atoms with E-state index in [2.05, 4.69) is 0 Å². The Morgan fingerprint density at radius 2 is 1.77 bits per heavy atom. The first kappa shape index (κ1) is 20.1. The van der Waals surface area contributed by atoms with Crippen LogP contribution in [0.25, 0.3) is 10.9 Å². The van der Waals surface area contributed by atoms with Gasteiger partial charge in [-0.1, -0.05) is 24.3 Å². The van der Waals surface area contributed by atoms with E-state index in [0.29, 0.717) is 23.0 Å². The molecule has 0 unspecified atom stereocenters. The molecule has 1 fully saturated rings. The number of halogens is 1. The maximum atomic E-state index is 13.3. The molecule has 1 saturated heterocycles. The van der Waals surface area contributed by atoms with Crippen LogP contribution in [0, 0.1) is 5.82 Å². The number of hydrogen-bond donors (Lipinski definition) is 0. The normalized spacial score (nSPS) is 16.7. The van der Waals surface area contributed by atoms with Crippen molar-refractivity contribution in [1.29, 1.82) is 0 Å². The second kappa shape index (κ2) is 8.26. The van der Waals surface area contributed by atoms with Crippen LogP contribution in [0.5, 0.6) is 0 Å². The van der Waals surface area contributed by atoms with Gasteiger partial charge in [-0.15, -0.1) is 0 Å². The van der Waals surface area contributed by atoms with Gasteiger partial charge in [0.1, 0.15) is 12.4 Å². The van der Waals surface area contributed by atoms with Crippen LogP contribution in [0.4, 0.5) is 4.39 Å². The van der Waals surface area contributed by atoms with Crippen molar-refractivity contribution in [3.05, 3.63) is 80.7 Å². The summed E-state index contributed by atoms with van der Waals surface area (Å²) in [5.41, 5.74) is 0.116. The molecule has 1 aromatic heterocycles. The highest BCUT2D eigenvalue weighted by Gasteiger charge is 2.24. The van der Waals surface area contributed by atoms with Gasteiger partial charge in [-0.25, -0.2) is 9.18 Å². The summed E-state index contributed by atoms with van der Waals surface area (Å²) in [6, 6.07) is 12.6. The number of likely N-dealkylation sites (tertiary alicyclic amines) is 1. The van der Waals surface area contributed by atoms with Crippen LogP contribution in [0.2, 0.25) is 0 Å². The van der Waals surface area contributed by atoms with Gasteiger partial charge in [-0.3, -0.25) is 18.7 Å². The van der Waals surface area contributed by atoms with E-state index in [1.807, 2.05) is 11.8 Å². The topological polar surface area (TPSA) is 64.3 Å². The molecule has 0 N–H and O–H groups in total. The molecule has 0 radical (unpaired) electrons. The van der Waals surface area contributed by atoms with Crippen molar-refractivity contribution in [2.45, 2.75) is 45.3 Å². The van der Waals surface area contributed by atoms with Crippen LogP contribution in [-0.4, -0.2) is 32.5 Å².